The van der Waals surface area contributed by atoms with E-state index in [0.717, 1.165) is 16.9 Å². The van der Waals surface area contributed by atoms with Crippen LogP contribution in [0.15, 0.2) is 42.9 Å². The average Bonchev–Trinajstić information content (AvgIpc) is 2.76. The highest BCUT2D eigenvalue weighted by Gasteiger charge is 1.97. The molecule has 4 nitrogen and oxygen atoms in total. The summed E-state index contributed by atoms with van der Waals surface area (Å²) in [6.07, 6.45) is 7.21. The zero-order chi connectivity index (χ0) is 13.0. The Kier molecular flexibility index (Phi) is 3.57. The van der Waals surface area contributed by atoms with Crippen molar-refractivity contribution in [2.45, 2.75) is 13.3 Å². The fourth-order valence-corrected chi connectivity index (χ4v) is 1.62. The van der Waals surface area contributed by atoms with Crippen molar-refractivity contribution in [2.24, 2.45) is 0 Å². The number of hydrogen-bond donors (Lipinski definition) is 1. The molecule has 0 unspecified atom stereocenters. The number of aliphatic carboxylic acids is 1. The van der Waals surface area contributed by atoms with E-state index in [9.17, 15) is 4.79 Å². The van der Waals surface area contributed by atoms with Gasteiger partial charge in [0.05, 0.1) is 18.4 Å². The summed E-state index contributed by atoms with van der Waals surface area (Å²) < 4.78 is 1.94. The van der Waals surface area contributed by atoms with Crippen LogP contribution in [0.25, 0.3) is 11.8 Å². The third kappa shape index (κ3) is 3.07. The highest BCUT2D eigenvalue weighted by atomic mass is 16.4. The second-order valence-electron chi connectivity index (χ2n) is 4.01. The fourth-order valence-electron chi connectivity index (χ4n) is 1.62. The number of imidazole rings is 1. The second-order valence-corrected chi connectivity index (χ2v) is 4.01. The summed E-state index contributed by atoms with van der Waals surface area (Å²) in [6.45, 7) is 1.94. The van der Waals surface area contributed by atoms with Crippen LogP contribution in [0, 0.1) is 6.92 Å². The Morgan fingerprint density at radius 1 is 1.39 bits per heavy atom. The number of benzene rings is 1. The number of carboxylic acids is 1. The van der Waals surface area contributed by atoms with Gasteiger partial charge < -0.3 is 9.67 Å². The molecule has 1 N–H and O–H groups in total. The van der Waals surface area contributed by atoms with Crippen molar-refractivity contribution in [1.82, 2.24) is 9.55 Å². The van der Waals surface area contributed by atoms with E-state index in [0.29, 0.717) is 0 Å². The van der Waals surface area contributed by atoms with E-state index in [1.165, 1.54) is 0 Å². The number of rotatable bonds is 4. The lowest BCUT2D eigenvalue weighted by atomic mass is 10.2. The first-order chi connectivity index (χ1) is 8.65. The topological polar surface area (TPSA) is 55.1 Å². The molecule has 0 atom stereocenters. The van der Waals surface area contributed by atoms with Crippen LogP contribution in [0.3, 0.4) is 0 Å². The maximum absolute atomic E-state index is 10.4. The molecule has 0 saturated carbocycles. The van der Waals surface area contributed by atoms with E-state index in [4.69, 9.17) is 5.11 Å². The molecule has 2 aromatic rings. The Balaban J connectivity index is 2.10. The molecule has 1 aromatic heterocycles. The Morgan fingerprint density at radius 3 is 2.67 bits per heavy atom. The minimum atomic E-state index is -0.822. The van der Waals surface area contributed by atoms with Gasteiger partial charge >= 0.3 is 5.97 Å². The first kappa shape index (κ1) is 12.1. The molecule has 1 aromatic carbocycles. The number of carbonyl (C=O) groups is 1. The normalized spacial score (nSPS) is 10.9. The van der Waals surface area contributed by atoms with Gasteiger partial charge in [-0.1, -0.05) is 24.3 Å². The van der Waals surface area contributed by atoms with Crippen molar-refractivity contribution in [3.05, 3.63) is 54.1 Å². The lowest BCUT2D eigenvalue weighted by Crippen LogP contribution is -1.90. The van der Waals surface area contributed by atoms with Gasteiger partial charge in [-0.2, -0.15) is 0 Å². The number of aromatic nitrogens is 2. The summed E-state index contributed by atoms with van der Waals surface area (Å²) in [6, 6.07) is 7.84. The van der Waals surface area contributed by atoms with Crippen molar-refractivity contribution in [3.8, 4) is 5.69 Å². The summed E-state index contributed by atoms with van der Waals surface area (Å²) in [4.78, 5) is 14.5. The van der Waals surface area contributed by atoms with Crippen molar-refractivity contribution >= 4 is 12.0 Å². The molecule has 0 aliphatic heterocycles. The summed E-state index contributed by atoms with van der Waals surface area (Å²) in [5.74, 6) is -0.822. The third-order valence-corrected chi connectivity index (χ3v) is 2.51. The molecule has 0 amide bonds. The molecule has 92 valence electrons. The Morgan fingerprint density at radius 2 is 2.11 bits per heavy atom. The second kappa shape index (κ2) is 5.31. The smallest absolute Gasteiger partial charge is 0.307 e. The van der Waals surface area contributed by atoms with E-state index in [1.54, 1.807) is 18.5 Å². The minimum Gasteiger partial charge on any atom is -0.481 e. The van der Waals surface area contributed by atoms with Gasteiger partial charge in [0.15, 0.2) is 0 Å². The van der Waals surface area contributed by atoms with Crippen LogP contribution in [0.4, 0.5) is 0 Å². The molecule has 4 heteroatoms. The molecule has 0 saturated heterocycles. The van der Waals surface area contributed by atoms with Gasteiger partial charge in [-0.15, -0.1) is 0 Å². The zero-order valence-corrected chi connectivity index (χ0v) is 10.1. The molecule has 0 bridgehead atoms. The summed E-state index contributed by atoms with van der Waals surface area (Å²) >= 11 is 0. The molecule has 1 heterocycles. The number of carboxylic acid groups (broad SMARTS) is 1. The van der Waals surface area contributed by atoms with E-state index in [-0.39, 0.29) is 6.42 Å². The highest BCUT2D eigenvalue weighted by Crippen LogP contribution is 2.11. The molecule has 0 aliphatic rings. The Bertz CT molecular complexity index is 568. The van der Waals surface area contributed by atoms with Crippen molar-refractivity contribution in [2.75, 3.05) is 0 Å². The minimum absolute atomic E-state index is 0.0441. The summed E-state index contributed by atoms with van der Waals surface area (Å²) in [5.41, 5.74) is 2.99. The van der Waals surface area contributed by atoms with Crippen LogP contribution in [0.1, 0.15) is 17.7 Å². The highest BCUT2D eigenvalue weighted by molar-refractivity contribution is 5.70. The predicted molar refractivity (Wildman–Crippen MR) is 69.6 cm³/mol. The van der Waals surface area contributed by atoms with Gasteiger partial charge in [-0.3, -0.25) is 4.79 Å². The lowest BCUT2D eigenvalue weighted by molar-refractivity contribution is -0.135. The third-order valence-electron chi connectivity index (χ3n) is 2.51. The van der Waals surface area contributed by atoms with E-state index in [2.05, 4.69) is 4.98 Å². The molecule has 18 heavy (non-hydrogen) atoms. The molecule has 0 fully saturated rings. The monoisotopic (exact) mass is 242 g/mol. The van der Waals surface area contributed by atoms with Gasteiger partial charge in [0.1, 0.15) is 0 Å². The first-order valence-electron chi connectivity index (χ1n) is 5.64. The van der Waals surface area contributed by atoms with Crippen LogP contribution >= 0.6 is 0 Å². The Labute approximate surface area is 105 Å². The van der Waals surface area contributed by atoms with Crippen LogP contribution in [0.5, 0.6) is 0 Å². The molecule has 2 rings (SSSR count). The van der Waals surface area contributed by atoms with E-state index in [1.807, 2.05) is 42.0 Å². The maximum atomic E-state index is 10.4. The molecule has 0 spiro atoms. The number of hydrogen-bond acceptors (Lipinski definition) is 2. The van der Waals surface area contributed by atoms with Gasteiger partial charge in [-0.25, -0.2) is 4.98 Å². The average molecular weight is 242 g/mol. The van der Waals surface area contributed by atoms with Crippen LogP contribution < -0.4 is 0 Å². The molecular formula is C14H14N2O2. The van der Waals surface area contributed by atoms with Crippen molar-refractivity contribution < 1.29 is 9.90 Å². The quantitative estimate of drug-likeness (QED) is 0.896. The van der Waals surface area contributed by atoms with Crippen molar-refractivity contribution in [3.63, 3.8) is 0 Å². The molecule has 0 aliphatic carbocycles. The largest absolute Gasteiger partial charge is 0.481 e. The Hall–Kier alpha value is -2.36. The van der Waals surface area contributed by atoms with E-state index >= 15 is 0 Å². The summed E-state index contributed by atoms with van der Waals surface area (Å²) in [5, 5.41) is 8.53. The lowest BCUT2D eigenvalue weighted by Gasteiger charge is -2.01. The first-order valence-corrected chi connectivity index (χ1v) is 5.64. The van der Waals surface area contributed by atoms with Gasteiger partial charge in [0.25, 0.3) is 0 Å². The summed E-state index contributed by atoms with van der Waals surface area (Å²) in [7, 11) is 0. The maximum Gasteiger partial charge on any atom is 0.307 e. The van der Waals surface area contributed by atoms with Gasteiger partial charge in [0, 0.05) is 11.9 Å². The SMILES string of the molecule is Cc1cn(-c2ccc(C=CCC(=O)O)cc2)cn1. The zero-order valence-electron chi connectivity index (χ0n) is 10.1. The fraction of sp³-hybridized carbons (Fsp3) is 0.143. The van der Waals surface area contributed by atoms with Gasteiger partial charge in [0.2, 0.25) is 0 Å². The van der Waals surface area contributed by atoms with E-state index < -0.39 is 5.97 Å². The standard InChI is InChI=1S/C14H14N2O2/c1-11-9-16(10-15-11)13-7-5-12(6-8-13)3-2-4-14(17)18/h2-3,5-10H,4H2,1H3,(H,17,18). The van der Waals surface area contributed by atoms with Crippen molar-refractivity contribution in [1.29, 1.82) is 0 Å². The predicted octanol–water partition coefficient (Wildman–Crippen LogP) is 2.67. The molecular weight excluding hydrogens is 228 g/mol. The van der Waals surface area contributed by atoms with Crippen LogP contribution in [-0.2, 0) is 4.79 Å². The number of aryl methyl sites for hydroxylation is 1. The van der Waals surface area contributed by atoms with Crippen LogP contribution in [0.2, 0.25) is 0 Å². The number of nitrogens with zero attached hydrogens (tertiary/aromatic N) is 2. The van der Waals surface area contributed by atoms with Crippen LogP contribution in [-0.4, -0.2) is 20.6 Å². The van der Waals surface area contributed by atoms with Gasteiger partial charge in [-0.05, 0) is 24.6 Å². The molecule has 0 radical (unpaired) electrons.